The van der Waals surface area contributed by atoms with E-state index in [1.807, 2.05) is 6.92 Å². The van der Waals surface area contributed by atoms with E-state index in [1.165, 1.54) is 0 Å². The van der Waals surface area contributed by atoms with Crippen LogP contribution in [0.2, 0.25) is 0 Å². The Balaban J connectivity index is 2.20. The van der Waals surface area contributed by atoms with E-state index in [0.717, 1.165) is 12.1 Å². The average Bonchev–Trinajstić information content (AvgIpc) is 2.77. The summed E-state index contributed by atoms with van der Waals surface area (Å²) in [5.74, 6) is 1.11. The van der Waals surface area contributed by atoms with Crippen LogP contribution < -0.4 is 0 Å². The molecule has 0 N–H and O–H groups in total. The molecule has 86 valence electrons. The number of nitriles is 1. The molecule has 1 aromatic rings. The van der Waals surface area contributed by atoms with Gasteiger partial charge in [0.05, 0.1) is 12.2 Å². The number of hydrogen-bond acceptors (Lipinski definition) is 5. The summed E-state index contributed by atoms with van der Waals surface area (Å²) in [7, 11) is -2.52. The van der Waals surface area contributed by atoms with E-state index in [-0.39, 0.29) is 0 Å². The summed E-state index contributed by atoms with van der Waals surface area (Å²) >= 11 is 0. The zero-order chi connectivity index (χ0) is 11.6. The van der Waals surface area contributed by atoms with Crippen molar-refractivity contribution in [3.05, 3.63) is 17.5 Å². The van der Waals surface area contributed by atoms with Gasteiger partial charge in [-0.1, -0.05) is 5.16 Å². The zero-order valence-electron chi connectivity index (χ0n) is 8.92. The molecular weight excluding hydrogens is 228 g/mol. The smallest absolute Gasteiger partial charge is 0.215 e. The molecule has 1 aliphatic heterocycles. The zero-order valence-corrected chi connectivity index (χ0v) is 9.74. The molecule has 1 unspecified atom stereocenters. The molecule has 0 radical (unpaired) electrons. The van der Waals surface area contributed by atoms with Gasteiger partial charge in [0.25, 0.3) is 0 Å². The lowest BCUT2D eigenvalue weighted by atomic mass is 10.4. The van der Waals surface area contributed by atoms with Crippen LogP contribution in [0, 0.1) is 18.4 Å². The number of nitrogens with zero attached hydrogens (tertiary/aromatic N) is 4. The number of hydrogen-bond donors (Lipinski definition) is 0. The highest BCUT2D eigenvalue weighted by Crippen LogP contribution is 2.19. The second-order valence-corrected chi connectivity index (χ2v) is 5.97. The van der Waals surface area contributed by atoms with Crippen molar-refractivity contribution in [2.45, 2.75) is 19.9 Å². The van der Waals surface area contributed by atoms with E-state index < -0.39 is 9.92 Å². The second-order valence-electron chi connectivity index (χ2n) is 3.65. The normalized spacial score (nSPS) is 25.5. The Bertz CT molecular complexity index is 536. The lowest BCUT2D eigenvalue weighted by Crippen LogP contribution is -2.24. The fourth-order valence-electron chi connectivity index (χ4n) is 1.71. The summed E-state index contributed by atoms with van der Waals surface area (Å²) in [6, 6.07) is 1.80. The van der Waals surface area contributed by atoms with Crippen molar-refractivity contribution < 1.29 is 8.73 Å². The van der Waals surface area contributed by atoms with Crippen molar-refractivity contribution in [2.75, 3.05) is 12.3 Å². The van der Waals surface area contributed by atoms with Crippen LogP contribution in [-0.2, 0) is 16.5 Å². The van der Waals surface area contributed by atoms with Crippen LogP contribution in [0.25, 0.3) is 0 Å². The maximum absolute atomic E-state index is 12.2. The monoisotopic (exact) mass is 240 g/mol. The summed E-state index contributed by atoms with van der Waals surface area (Å²) in [6.45, 7) is 2.89. The summed E-state index contributed by atoms with van der Waals surface area (Å²) < 4.78 is 22.5. The Morgan fingerprint density at radius 3 is 3.25 bits per heavy atom. The first-order valence-electron chi connectivity index (χ1n) is 4.94. The van der Waals surface area contributed by atoms with Gasteiger partial charge in [0.1, 0.15) is 9.92 Å². The fourth-order valence-corrected chi connectivity index (χ4v) is 3.55. The van der Waals surface area contributed by atoms with Gasteiger partial charge in [-0.05, 0) is 13.3 Å². The van der Waals surface area contributed by atoms with Gasteiger partial charge in [-0.25, -0.2) is 8.51 Å². The van der Waals surface area contributed by atoms with Gasteiger partial charge in [-0.15, -0.1) is 4.36 Å². The number of aryl methyl sites for hydroxylation is 1. The van der Waals surface area contributed by atoms with Gasteiger partial charge < -0.3 is 4.52 Å². The maximum atomic E-state index is 12.2. The van der Waals surface area contributed by atoms with E-state index in [9.17, 15) is 4.21 Å². The molecule has 1 saturated heterocycles. The van der Waals surface area contributed by atoms with Gasteiger partial charge in [-0.2, -0.15) is 5.26 Å². The van der Waals surface area contributed by atoms with E-state index in [2.05, 4.69) is 9.52 Å². The van der Waals surface area contributed by atoms with Crippen molar-refractivity contribution in [1.82, 2.24) is 9.46 Å². The van der Waals surface area contributed by atoms with E-state index in [4.69, 9.17) is 9.78 Å². The second kappa shape index (κ2) is 4.23. The van der Waals surface area contributed by atoms with E-state index in [1.54, 1.807) is 16.6 Å². The lowest BCUT2D eigenvalue weighted by molar-refractivity contribution is 0.335. The topological polar surface area (TPSA) is 82.5 Å². The first-order chi connectivity index (χ1) is 7.64. The molecule has 2 heterocycles. The predicted octanol–water partition coefficient (Wildman–Crippen LogP) is 1.05. The first kappa shape index (κ1) is 11.1. The van der Waals surface area contributed by atoms with E-state index in [0.29, 0.717) is 24.6 Å². The third-order valence-electron chi connectivity index (χ3n) is 2.41. The first-order valence-corrected chi connectivity index (χ1v) is 6.58. The minimum atomic E-state index is -2.52. The molecule has 1 aliphatic rings. The molecule has 0 saturated carbocycles. The third-order valence-corrected chi connectivity index (χ3v) is 4.72. The molecule has 0 amide bonds. The van der Waals surface area contributed by atoms with Crippen molar-refractivity contribution in [1.29, 1.82) is 5.26 Å². The molecule has 1 atom stereocenters. The Morgan fingerprint density at radius 2 is 2.62 bits per heavy atom. The minimum absolute atomic E-state index is 0.394. The molecule has 0 aromatic carbocycles. The molecule has 1 aromatic heterocycles. The van der Waals surface area contributed by atoms with Crippen LogP contribution in [0.1, 0.15) is 17.9 Å². The molecule has 0 spiro atoms. The van der Waals surface area contributed by atoms with Gasteiger partial charge in [0.2, 0.25) is 6.19 Å². The molecule has 1 fully saturated rings. The lowest BCUT2D eigenvalue weighted by Gasteiger charge is -2.14. The molecule has 16 heavy (non-hydrogen) atoms. The molecular formula is C9H12N4O2S. The molecule has 0 bridgehead atoms. The SMILES string of the molecule is Cc1cc(CN2CCCS2(=O)=NC#N)on1. The van der Waals surface area contributed by atoms with Gasteiger partial charge in [0.15, 0.2) is 5.76 Å². The van der Waals surface area contributed by atoms with Crippen molar-refractivity contribution in [3.8, 4) is 6.19 Å². The largest absolute Gasteiger partial charge is 0.360 e. The molecule has 7 heteroatoms. The maximum Gasteiger partial charge on any atom is 0.215 e. The van der Waals surface area contributed by atoms with Crippen LogP contribution in [0.5, 0.6) is 0 Å². The highest BCUT2D eigenvalue weighted by molar-refractivity contribution is 7.91. The third kappa shape index (κ3) is 2.08. The van der Waals surface area contributed by atoms with E-state index >= 15 is 0 Å². The van der Waals surface area contributed by atoms with Crippen LogP contribution >= 0.6 is 0 Å². The molecule has 2 rings (SSSR count). The summed E-state index contributed by atoms with van der Waals surface area (Å²) in [5.41, 5.74) is 0.790. The van der Waals surface area contributed by atoms with Gasteiger partial charge >= 0.3 is 0 Å². The van der Waals surface area contributed by atoms with Crippen molar-refractivity contribution >= 4 is 9.92 Å². The average molecular weight is 240 g/mol. The molecule has 6 nitrogen and oxygen atoms in total. The number of rotatable bonds is 2. The Labute approximate surface area is 94.1 Å². The fraction of sp³-hybridized carbons (Fsp3) is 0.556. The van der Waals surface area contributed by atoms with Gasteiger partial charge in [-0.3, -0.25) is 0 Å². The predicted molar refractivity (Wildman–Crippen MR) is 57.3 cm³/mol. The highest BCUT2D eigenvalue weighted by atomic mass is 32.2. The van der Waals surface area contributed by atoms with Crippen LogP contribution in [0.4, 0.5) is 0 Å². The van der Waals surface area contributed by atoms with Crippen molar-refractivity contribution in [2.24, 2.45) is 4.36 Å². The Kier molecular flexibility index (Phi) is 2.94. The Morgan fingerprint density at radius 1 is 1.81 bits per heavy atom. The van der Waals surface area contributed by atoms with Crippen molar-refractivity contribution in [3.63, 3.8) is 0 Å². The van der Waals surface area contributed by atoms with Crippen LogP contribution in [0.3, 0.4) is 0 Å². The summed E-state index contributed by atoms with van der Waals surface area (Å²) in [4.78, 5) is 0. The summed E-state index contributed by atoms with van der Waals surface area (Å²) in [5, 5.41) is 12.3. The van der Waals surface area contributed by atoms with Gasteiger partial charge in [0, 0.05) is 18.4 Å². The van der Waals surface area contributed by atoms with Crippen LogP contribution in [0.15, 0.2) is 15.0 Å². The highest BCUT2D eigenvalue weighted by Gasteiger charge is 2.27. The minimum Gasteiger partial charge on any atom is -0.360 e. The quantitative estimate of drug-likeness (QED) is 0.723. The summed E-state index contributed by atoms with van der Waals surface area (Å²) in [6.07, 6.45) is 2.42. The van der Waals surface area contributed by atoms with Crippen LogP contribution in [-0.4, -0.2) is 26.0 Å². The standard InChI is InChI=1S/C9H12N4O2S/c1-8-5-9(15-12-8)6-13-3-2-4-16(13,14)11-7-10/h5H,2-4,6H2,1H3. The number of aromatic nitrogens is 1. The molecule has 0 aliphatic carbocycles. The Hall–Kier alpha value is -1.39.